The Kier molecular flexibility index (Phi) is 4.19. The van der Waals surface area contributed by atoms with Crippen LogP contribution < -0.4 is 0 Å². The van der Waals surface area contributed by atoms with Crippen molar-refractivity contribution in [3.63, 3.8) is 0 Å². The van der Waals surface area contributed by atoms with Crippen LogP contribution in [0.2, 0.25) is 0 Å². The van der Waals surface area contributed by atoms with E-state index < -0.39 is 0 Å². The van der Waals surface area contributed by atoms with Gasteiger partial charge in [0.2, 0.25) is 0 Å². The lowest BCUT2D eigenvalue weighted by Gasteiger charge is -2.36. The maximum atomic E-state index is 11.7. The van der Waals surface area contributed by atoms with Crippen molar-refractivity contribution in [3.05, 3.63) is 71.8 Å². The third-order valence-electron chi connectivity index (χ3n) is 4.77. The average molecular weight is 278 g/mol. The number of carbonyl (C=O) groups is 1. The van der Waals surface area contributed by atoms with E-state index in [1.54, 1.807) is 0 Å². The van der Waals surface area contributed by atoms with Gasteiger partial charge in [-0.1, -0.05) is 60.7 Å². The highest BCUT2D eigenvalue weighted by molar-refractivity contribution is 5.78. The van der Waals surface area contributed by atoms with Crippen molar-refractivity contribution in [2.75, 3.05) is 0 Å². The number of Topliss-reactive ketones (excluding diaryl/α,β-unsaturated/α-hetero) is 1. The summed E-state index contributed by atoms with van der Waals surface area (Å²) in [7, 11) is 0. The first kappa shape index (κ1) is 14.1. The van der Waals surface area contributed by atoms with Crippen LogP contribution in [0.15, 0.2) is 60.7 Å². The van der Waals surface area contributed by atoms with Gasteiger partial charge in [-0.05, 0) is 36.8 Å². The van der Waals surface area contributed by atoms with Crippen molar-refractivity contribution >= 4 is 5.78 Å². The topological polar surface area (TPSA) is 17.1 Å². The quantitative estimate of drug-likeness (QED) is 0.764. The second-order valence-electron chi connectivity index (χ2n) is 6.06. The van der Waals surface area contributed by atoms with Gasteiger partial charge < -0.3 is 0 Å². The van der Waals surface area contributed by atoms with Gasteiger partial charge in [0.15, 0.2) is 0 Å². The van der Waals surface area contributed by atoms with E-state index in [-0.39, 0.29) is 5.41 Å². The molecule has 0 aliphatic heterocycles. The summed E-state index contributed by atoms with van der Waals surface area (Å²) in [5.74, 6) is 0.435. The Morgan fingerprint density at radius 1 is 0.667 bits per heavy atom. The summed E-state index contributed by atoms with van der Waals surface area (Å²) in [5.41, 5.74) is 2.86. The van der Waals surface area contributed by atoms with Crippen molar-refractivity contribution in [2.24, 2.45) is 0 Å². The van der Waals surface area contributed by atoms with E-state index in [0.717, 1.165) is 38.5 Å². The summed E-state index contributed by atoms with van der Waals surface area (Å²) in [6.07, 6.45) is 5.58. The van der Waals surface area contributed by atoms with Gasteiger partial charge in [-0.3, -0.25) is 4.79 Å². The summed E-state index contributed by atoms with van der Waals surface area (Å²) < 4.78 is 0. The van der Waals surface area contributed by atoms with Crippen molar-refractivity contribution in [1.29, 1.82) is 0 Å². The molecule has 108 valence electrons. The lowest BCUT2D eigenvalue weighted by molar-refractivity contribution is -0.119. The van der Waals surface area contributed by atoms with Gasteiger partial charge in [0.25, 0.3) is 0 Å². The molecule has 0 atom stereocenters. The minimum absolute atomic E-state index is 0.0726. The SMILES string of the molecule is O=C1CCCC(c2ccccc2)(c2ccccc2)CCC1. The van der Waals surface area contributed by atoms with Crippen LogP contribution in [0.25, 0.3) is 0 Å². The molecular formula is C20H22O. The van der Waals surface area contributed by atoms with E-state index in [1.165, 1.54) is 11.1 Å². The van der Waals surface area contributed by atoms with E-state index >= 15 is 0 Å². The van der Waals surface area contributed by atoms with Crippen LogP contribution in [-0.2, 0) is 10.2 Å². The molecule has 1 heteroatoms. The molecule has 1 fully saturated rings. The maximum Gasteiger partial charge on any atom is 0.132 e. The number of hydrogen-bond acceptors (Lipinski definition) is 1. The van der Waals surface area contributed by atoms with Crippen molar-refractivity contribution in [2.45, 2.75) is 43.9 Å². The molecule has 0 bridgehead atoms. The van der Waals surface area contributed by atoms with E-state index in [2.05, 4.69) is 60.7 Å². The van der Waals surface area contributed by atoms with Crippen molar-refractivity contribution in [1.82, 2.24) is 0 Å². The molecule has 1 saturated carbocycles. The first-order valence-electron chi connectivity index (χ1n) is 7.94. The Balaban J connectivity index is 2.04. The second kappa shape index (κ2) is 6.26. The van der Waals surface area contributed by atoms with Gasteiger partial charge in [-0.15, -0.1) is 0 Å². The Bertz CT molecular complexity index is 532. The molecule has 1 aliphatic carbocycles. The maximum absolute atomic E-state index is 11.7. The van der Waals surface area contributed by atoms with Crippen LogP contribution >= 0.6 is 0 Å². The molecule has 0 N–H and O–H groups in total. The predicted octanol–water partition coefficient (Wildman–Crippen LogP) is 4.90. The molecule has 0 aromatic heterocycles. The van der Waals surface area contributed by atoms with Gasteiger partial charge in [0, 0.05) is 18.3 Å². The Labute approximate surface area is 127 Å². The van der Waals surface area contributed by atoms with E-state index in [9.17, 15) is 4.79 Å². The lowest BCUT2D eigenvalue weighted by Crippen LogP contribution is -2.29. The number of benzene rings is 2. The third kappa shape index (κ3) is 2.92. The standard InChI is InChI=1S/C20H22O/c21-19-13-7-15-20(16-8-14-19,17-9-3-1-4-10-17)18-11-5-2-6-12-18/h1-6,9-12H,7-8,13-16H2. The zero-order chi connectivity index (χ0) is 14.5. The number of hydrogen-bond donors (Lipinski definition) is 0. The molecule has 0 spiro atoms. The molecular weight excluding hydrogens is 256 g/mol. The predicted molar refractivity (Wildman–Crippen MR) is 86.4 cm³/mol. The number of ketones is 1. The minimum atomic E-state index is 0.0726. The lowest BCUT2D eigenvalue weighted by atomic mass is 9.67. The third-order valence-corrected chi connectivity index (χ3v) is 4.77. The van der Waals surface area contributed by atoms with Gasteiger partial charge in [0.1, 0.15) is 5.78 Å². The number of carbonyl (C=O) groups excluding carboxylic acids is 1. The summed E-state index contributed by atoms with van der Waals surface area (Å²) in [6.45, 7) is 0. The molecule has 3 rings (SSSR count). The Hall–Kier alpha value is -1.89. The zero-order valence-corrected chi connectivity index (χ0v) is 12.4. The van der Waals surface area contributed by atoms with Crippen LogP contribution in [0.1, 0.15) is 49.7 Å². The highest BCUT2D eigenvalue weighted by Crippen LogP contribution is 2.42. The van der Waals surface area contributed by atoms with Crippen LogP contribution in [0, 0.1) is 0 Å². The van der Waals surface area contributed by atoms with Gasteiger partial charge in [-0.2, -0.15) is 0 Å². The Morgan fingerprint density at radius 3 is 1.52 bits per heavy atom. The summed E-state index contributed by atoms with van der Waals surface area (Å²) in [4.78, 5) is 11.7. The molecule has 0 amide bonds. The first-order chi connectivity index (χ1) is 10.3. The monoisotopic (exact) mass is 278 g/mol. The van der Waals surface area contributed by atoms with Crippen LogP contribution in [0.5, 0.6) is 0 Å². The van der Waals surface area contributed by atoms with Gasteiger partial charge in [-0.25, -0.2) is 0 Å². The van der Waals surface area contributed by atoms with Gasteiger partial charge >= 0.3 is 0 Å². The fourth-order valence-electron chi connectivity index (χ4n) is 3.68. The molecule has 0 saturated heterocycles. The smallest absolute Gasteiger partial charge is 0.132 e. The molecule has 1 nitrogen and oxygen atoms in total. The minimum Gasteiger partial charge on any atom is -0.300 e. The van der Waals surface area contributed by atoms with E-state index in [4.69, 9.17) is 0 Å². The van der Waals surface area contributed by atoms with E-state index in [0.29, 0.717) is 5.78 Å². The molecule has 21 heavy (non-hydrogen) atoms. The summed E-state index contributed by atoms with van der Waals surface area (Å²) in [6, 6.07) is 21.7. The molecule has 2 aromatic carbocycles. The van der Waals surface area contributed by atoms with Crippen molar-refractivity contribution in [3.8, 4) is 0 Å². The molecule has 1 aliphatic rings. The first-order valence-corrected chi connectivity index (χ1v) is 7.94. The highest BCUT2D eigenvalue weighted by Gasteiger charge is 2.34. The van der Waals surface area contributed by atoms with E-state index in [1.807, 2.05) is 0 Å². The Morgan fingerprint density at radius 2 is 1.10 bits per heavy atom. The van der Waals surface area contributed by atoms with Crippen LogP contribution in [-0.4, -0.2) is 5.78 Å². The fourth-order valence-corrected chi connectivity index (χ4v) is 3.68. The van der Waals surface area contributed by atoms with Crippen LogP contribution in [0.4, 0.5) is 0 Å². The molecule has 0 heterocycles. The van der Waals surface area contributed by atoms with Gasteiger partial charge in [0.05, 0.1) is 0 Å². The molecule has 0 unspecified atom stereocenters. The molecule has 0 radical (unpaired) electrons. The average Bonchev–Trinajstić information content (AvgIpc) is 2.53. The second-order valence-corrected chi connectivity index (χ2v) is 6.06. The molecule has 2 aromatic rings. The fraction of sp³-hybridized carbons (Fsp3) is 0.350. The normalized spacial score (nSPS) is 18.8. The van der Waals surface area contributed by atoms with Crippen LogP contribution in [0.3, 0.4) is 0 Å². The zero-order valence-electron chi connectivity index (χ0n) is 12.4. The summed E-state index contributed by atoms with van der Waals surface area (Å²) >= 11 is 0. The largest absolute Gasteiger partial charge is 0.300 e. The van der Waals surface area contributed by atoms with Crippen molar-refractivity contribution < 1.29 is 4.79 Å². The number of rotatable bonds is 2. The highest BCUT2D eigenvalue weighted by atomic mass is 16.1. The summed E-state index contributed by atoms with van der Waals surface area (Å²) in [5, 5.41) is 0.